The Kier molecular flexibility index (Phi) is 6.04. The van der Waals surface area contributed by atoms with E-state index < -0.39 is 17.4 Å². The minimum atomic E-state index is -0.501. The van der Waals surface area contributed by atoms with Gasteiger partial charge < -0.3 is 4.74 Å². The van der Waals surface area contributed by atoms with Crippen LogP contribution in [0.4, 0.5) is 5.69 Å². The molecule has 148 valence electrons. The fourth-order valence-electron chi connectivity index (χ4n) is 2.90. The van der Waals surface area contributed by atoms with Gasteiger partial charge in [-0.2, -0.15) is 5.26 Å². The second-order valence-corrected chi connectivity index (χ2v) is 7.11. The number of para-hydroxylation sites is 1. The smallest absolute Gasteiger partial charge is 0.348 e. The summed E-state index contributed by atoms with van der Waals surface area (Å²) >= 11 is 1.09. The zero-order valence-corrected chi connectivity index (χ0v) is 16.7. The molecule has 0 unspecified atom stereocenters. The molecule has 1 amide bonds. The predicted molar refractivity (Wildman–Crippen MR) is 109 cm³/mol. The topological polar surface area (TPSA) is 105 Å². The van der Waals surface area contributed by atoms with Crippen LogP contribution in [0.15, 0.2) is 41.5 Å². The van der Waals surface area contributed by atoms with Crippen molar-refractivity contribution < 1.29 is 14.3 Å². The van der Waals surface area contributed by atoms with Gasteiger partial charge in [0.15, 0.2) is 0 Å². The molecule has 0 saturated heterocycles. The number of fused-ring (bicyclic) bond motifs is 1. The van der Waals surface area contributed by atoms with Crippen LogP contribution in [0.1, 0.15) is 22.2 Å². The molecule has 0 atom stereocenters. The first-order valence-corrected chi connectivity index (χ1v) is 9.67. The summed E-state index contributed by atoms with van der Waals surface area (Å²) in [5, 5.41) is 9.37. The Balaban J connectivity index is 1.96. The number of hydrogen-bond donors (Lipinski definition) is 0. The van der Waals surface area contributed by atoms with Crippen molar-refractivity contribution in [3.8, 4) is 6.07 Å². The SMILES string of the molecule is CCOC(=O)c1sc2ncn(CC(=O)N(CC#N)c3ccccc3)c(=O)c2c1C. The molecule has 0 aliphatic carbocycles. The van der Waals surface area contributed by atoms with Gasteiger partial charge in [0.05, 0.1) is 24.4 Å². The Bertz CT molecular complexity index is 1160. The molecule has 0 aliphatic heterocycles. The number of aryl methyl sites for hydroxylation is 1. The first kappa shape index (κ1) is 20.2. The number of nitrogens with zero attached hydrogens (tertiary/aromatic N) is 4. The molecule has 0 saturated carbocycles. The molecule has 0 aliphatic rings. The van der Waals surface area contributed by atoms with E-state index in [9.17, 15) is 14.4 Å². The Labute approximate surface area is 170 Å². The minimum absolute atomic E-state index is 0.141. The van der Waals surface area contributed by atoms with Crippen LogP contribution in [-0.2, 0) is 16.1 Å². The van der Waals surface area contributed by atoms with Crippen molar-refractivity contribution in [2.45, 2.75) is 20.4 Å². The van der Waals surface area contributed by atoms with E-state index in [0.29, 0.717) is 26.3 Å². The number of thiophene rings is 1. The average Bonchev–Trinajstić information content (AvgIpc) is 3.06. The highest BCUT2D eigenvalue weighted by Gasteiger charge is 2.22. The number of carbonyl (C=O) groups excluding carboxylic acids is 2. The number of anilines is 1. The average molecular weight is 410 g/mol. The van der Waals surface area contributed by atoms with E-state index in [4.69, 9.17) is 10.00 Å². The molecular weight excluding hydrogens is 392 g/mol. The highest BCUT2D eigenvalue weighted by molar-refractivity contribution is 7.20. The normalized spacial score (nSPS) is 10.5. The van der Waals surface area contributed by atoms with E-state index in [-0.39, 0.29) is 19.7 Å². The monoisotopic (exact) mass is 410 g/mol. The molecule has 8 nitrogen and oxygen atoms in total. The highest BCUT2D eigenvalue weighted by atomic mass is 32.1. The fraction of sp³-hybridized carbons (Fsp3) is 0.250. The number of benzene rings is 1. The third-order valence-corrected chi connectivity index (χ3v) is 5.46. The van der Waals surface area contributed by atoms with Crippen LogP contribution >= 0.6 is 11.3 Å². The van der Waals surface area contributed by atoms with Crippen molar-refractivity contribution >= 4 is 39.1 Å². The first-order chi connectivity index (χ1) is 14.0. The lowest BCUT2D eigenvalue weighted by molar-refractivity contribution is -0.119. The summed E-state index contributed by atoms with van der Waals surface area (Å²) in [7, 11) is 0. The van der Waals surface area contributed by atoms with Gasteiger partial charge in [-0.1, -0.05) is 18.2 Å². The second-order valence-electron chi connectivity index (χ2n) is 6.11. The summed E-state index contributed by atoms with van der Waals surface area (Å²) < 4.78 is 6.21. The molecule has 3 rings (SSSR count). The number of nitriles is 1. The van der Waals surface area contributed by atoms with E-state index in [2.05, 4.69) is 4.98 Å². The Morgan fingerprint density at radius 3 is 2.69 bits per heavy atom. The van der Waals surface area contributed by atoms with Crippen LogP contribution in [-0.4, -0.2) is 34.6 Å². The Morgan fingerprint density at radius 2 is 2.03 bits per heavy atom. The number of amides is 1. The number of rotatable bonds is 6. The second kappa shape index (κ2) is 8.67. The maximum absolute atomic E-state index is 12.9. The van der Waals surface area contributed by atoms with Gasteiger partial charge in [0, 0.05) is 5.69 Å². The summed E-state index contributed by atoms with van der Waals surface area (Å²) in [5.74, 6) is -0.918. The summed E-state index contributed by atoms with van der Waals surface area (Å²) in [6.07, 6.45) is 1.28. The van der Waals surface area contributed by atoms with Gasteiger partial charge in [-0.25, -0.2) is 9.78 Å². The van der Waals surface area contributed by atoms with E-state index in [1.54, 1.807) is 44.2 Å². The van der Waals surface area contributed by atoms with Gasteiger partial charge in [-0.3, -0.25) is 19.1 Å². The van der Waals surface area contributed by atoms with Gasteiger partial charge in [0.25, 0.3) is 5.56 Å². The van der Waals surface area contributed by atoms with Gasteiger partial charge in [0.2, 0.25) is 5.91 Å². The number of hydrogen-bond acceptors (Lipinski definition) is 7. The van der Waals surface area contributed by atoms with Crippen molar-refractivity contribution in [1.29, 1.82) is 5.26 Å². The lowest BCUT2D eigenvalue weighted by Gasteiger charge is -2.20. The van der Waals surface area contributed by atoms with E-state index >= 15 is 0 Å². The molecule has 9 heteroatoms. The number of carbonyl (C=O) groups is 2. The van der Waals surface area contributed by atoms with Crippen molar-refractivity contribution in [1.82, 2.24) is 9.55 Å². The summed E-state index contributed by atoms with van der Waals surface area (Å²) in [6, 6.07) is 10.7. The van der Waals surface area contributed by atoms with Crippen molar-refractivity contribution in [2.24, 2.45) is 0 Å². The zero-order chi connectivity index (χ0) is 21.0. The zero-order valence-electron chi connectivity index (χ0n) is 15.9. The fourth-order valence-corrected chi connectivity index (χ4v) is 3.93. The summed E-state index contributed by atoms with van der Waals surface area (Å²) in [5.41, 5.74) is 0.634. The van der Waals surface area contributed by atoms with E-state index in [1.165, 1.54) is 15.8 Å². The molecule has 0 bridgehead atoms. The number of ether oxygens (including phenoxy) is 1. The van der Waals surface area contributed by atoms with E-state index in [0.717, 1.165) is 11.3 Å². The Hall–Kier alpha value is -3.51. The van der Waals surface area contributed by atoms with Crippen LogP contribution in [0.3, 0.4) is 0 Å². The largest absolute Gasteiger partial charge is 0.462 e. The van der Waals surface area contributed by atoms with Gasteiger partial charge in [0.1, 0.15) is 22.8 Å². The molecule has 2 heterocycles. The standard InChI is InChI=1S/C20H18N4O4S/c1-3-28-20(27)17-13(2)16-18(29-17)22-12-23(19(16)26)11-15(25)24(10-9-21)14-7-5-4-6-8-14/h4-8,12H,3,10-11H2,1-2H3. The minimum Gasteiger partial charge on any atom is -0.462 e. The summed E-state index contributed by atoms with van der Waals surface area (Å²) in [6.45, 7) is 3.18. The van der Waals surface area contributed by atoms with Crippen molar-refractivity contribution in [3.05, 3.63) is 57.5 Å². The lowest BCUT2D eigenvalue weighted by atomic mass is 10.2. The highest BCUT2D eigenvalue weighted by Crippen LogP contribution is 2.27. The molecule has 3 aromatic rings. The molecule has 0 N–H and O–H groups in total. The third kappa shape index (κ3) is 4.02. The quantitative estimate of drug-likeness (QED) is 0.457. The third-order valence-electron chi connectivity index (χ3n) is 4.28. The lowest BCUT2D eigenvalue weighted by Crippen LogP contribution is -2.37. The maximum atomic E-state index is 12.9. The van der Waals surface area contributed by atoms with Gasteiger partial charge >= 0.3 is 5.97 Å². The molecular formula is C20H18N4O4S. The Morgan fingerprint density at radius 1 is 1.31 bits per heavy atom. The van der Waals surface area contributed by atoms with Crippen molar-refractivity contribution in [3.63, 3.8) is 0 Å². The van der Waals surface area contributed by atoms with Gasteiger partial charge in [-0.05, 0) is 31.5 Å². The van der Waals surface area contributed by atoms with Crippen LogP contribution in [0.25, 0.3) is 10.2 Å². The molecule has 0 radical (unpaired) electrons. The van der Waals surface area contributed by atoms with Crippen LogP contribution in [0, 0.1) is 18.3 Å². The number of aromatic nitrogens is 2. The molecule has 0 spiro atoms. The van der Waals surface area contributed by atoms with E-state index in [1.807, 2.05) is 6.07 Å². The molecule has 2 aromatic heterocycles. The van der Waals surface area contributed by atoms with Crippen LogP contribution in [0.2, 0.25) is 0 Å². The first-order valence-electron chi connectivity index (χ1n) is 8.86. The molecule has 0 fully saturated rings. The molecule has 29 heavy (non-hydrogen) atoms. The number of esters is 1. The molecule has 1 aromatic carbocycles. The predicted octanol–water partition coefficient (Wildman–Crippen LogP) is 2.50. The maximum Gasteiger partial charge on any atom is 0.348 e. The van der Waals surface area contributed by atoms with Crippen LogP contribution < -0.4 is 10.5 Å². The van der Waals surface area contributed by atoms with Crippen molar-refractivity contribution in [2.75, 3.05) is 18.1 Å². The summed E-state index contributed by atoms with van der Waals surface area (Å²) in [4.78, 5) is 44.1. The van der Waals surface area contributed by atoms with Crippen LogP contribution in [0.5, 0.6) is 0 Å². The van der Waals surface area contributed by atoms with Gasteiger partial charge in [-0.15, -0.1) is 11.3 Å².